The SMILES string of the molecule is Cl.Cl.NCCCC(Cc1ncn2c1CCc1cc(-c3ccccc3)ccc1-2)C(=O)O. The minimum atomic E-state index is -0.765. The Balaban J connectivity index is 0.00000160. The number of aromatic nitrogens is 2. The fourth-order valence-electron chi connectivity index (χ4n) is 4.05. The molecule has 1 atom stereocenters. The van der Waals surface area contributed by atoms with Gasteiger partial charge in [-0.25, -0.2) is 4.98 Å². The molecule has 0 amide bonds. The summed E-state index contributed by atoms with van der Waals surface area (Å²) in [5.41, 5.74) is 12.5. The molecule has 7 heteroatoms. The van der Waals surface area contributed by atoms with Gasteiger partial charge < -0.3 is 15.4 Å². The summed E-state index contributed by atoms with van der Waals surface area (Å²) in [5.74, 6) is -1.19. The second kappa shape index (κ2) is 10.6. The zero-order valence-electron chi connectivity index (χ0n) is 16.7. The number of benzene rings is 2. The summed E-state index contributed by atoms with van der Waals surface area (Å²) < 4.78 is 2.13. The molecule has 0 saturated heterocycles. The molecule has 0 radical (unpaired) electrons. The predicted octanol–water partition coefficient (Wildman–Crippen LogP) is 4.46. The number of carbonyl (C=O) groups is 1. The quantitative estimate of drug-likeness (QED) is 0.559. The minimum Gasteiger partial charge on any atom is -0.481 e. The molecule has 0 fully saturated rings. The monoisotopic (exact) mass is 447 g/mol. The van der Waals surface area contributed by atoms with Crippen molar-refractivity contribution >= 4 is 30.8 Å². The van der Waals surface area contributed by atoms with Gasteiger partial charge in [0.1, 0.15) is 0 Å². The van der Waals surface area contributed by atoms with E-state index in [0.717, 1.165) is 36.3 Å². The van der Waals surface area contributed by atoms with Gasteiger partial charge in [0.15, 0.2) is 0 Å². The van der Waals surface area contributed by atoms with Crippen LogP contribution in [-0.4, -0.2) is 27.2 Å². The maximum Gasteiger partial charge on any atom is 0.306 e. The number of imidazole rings is 1. The van der Waals surface area contributed by atoms with E-state index < -0.39 is 11.9 Å². The molecule has 0 spiro atoms. The predicted molar refractivity (Wildman–Crippen MR) is 124 cm³/mol. The Kier molecular flexibility index (Phi) is 8.47. The van der Waals surface area contributed by atoms with Gasteiger partial charge in [0.05, 0.1) is 23.6 Å². The van der Waals surface area contributed by atoms with Crippen LogP contribution in [0.15, 0.2) is 54.9 Å². The number of halogens is 2. The Morgan fingerprint density at radius 2 is 1.87 bits per heavy atom. The summed E-state index contributed by atoms with van der Waals surface area (Å²) >= 11 is 0. The van der Waals surface area contributed by atoms with Gasteiger partial charge in [0, 0.05) is 12.1 Å². The first-order chi connectivity index (χ1) is 13.7. The molecule has 1 unspecified atom stereocenters. The number of nitrogens with zero attached hydrogens (tertiary/aromatic N) is 2. The first kappa shape index (κ1) is 23.9. The van der Waals surface area contributed by atoms with Gasteiger partial charge in [0.25, 0.3) is 0 Å². The van der Waals surface area contributed by atoms with E-state index in [-0.39, 0.29) is 24.8 Å². The molecule has 3 aromatic rings. The molecule has 1 aromatic heterocycles. The summed E-state index contributed by atoms with van der Waals surface area (Å²) in [7, 11) is 0. The van der Waals surface area contributed by atoms with E-state index in [4.69, 9.17) is 5.73 Å². The van der Waals surface area contributed by atoms with E-state index in [2.05, 4.69) is 52.0 Å². The summed E-state index contributed by atoms with van der Waals surface area (Å²) in [5, 5.41) is 9.52. The van der Waals surface area contributed by atoms with E-state index >= 15 is 0 Å². The van der Waals surface area contributed by atoms with Gasteiger partial charge in [-0.05, 0) is 61.1 Å². The third kappa shape index (κ3) is 4.86. The molecule has 160 valence electrons. The minimum absolute atomic E-state index is 0. The van der Waals surface area contributed by atoms with E-state index in [1.54, 1.807) is 0 Å². The Morgan fingerprint density at radius 3 is 2.57 bits per heavy atom. The van der Waals surface area contributed by atoms with Crippen LogP contribution in [0.1, 0.15) is 29.8 Å². The van der Waals surface area contributed by atoms with Crippen LogP contribution in [0.5, 0.6) is 0 Å². The van der Waals surface area contributed by atoms with Crippen molar-refractivity contribution in [1.82, 2.24) is 9.55 Å². The highest BCUT2D eigenvalue weighted by atomic mass is 35.5. The van der Waals surface area contributed by atoms with E-state index in [1.165, 1.54) is 16.7 Å². The maximum absolute atomic E-state index is 11.6. The van der Waals surface area contributed by atoms with E-state index in [9.17, 15) is 9.90 Å². The van der Waals surface area contributed by atoms with Crippen molar-refractivity contribution in [2.75, 3.05) is 6.54 Å². The summed E-state index contributed by atoms with van der Waals surface area (Å²) in [4.78, 5) is 16.2. The molecule has 1 aliphatic heterocycles. The highest BCUT2D eigenvalue weighted by molar-refractivity contribution is 5.85. The molecule has 0 saturated carbocycles. The van der Waals surface area contributed by atoms with Crippen molar-refractivity contribution in [3.8, 4) is 16.8 Å². The number of carboxylic acids is 1. The Morgan fingerprint density at radius 1 is 1.10 bits per heavy atom. The van der Waals surface area contributed by atoms with E-state index in [0.29, 0.717) is 19.4 Å². The van der Waals surface area contributed by atoms with Gasteiger partial charge in [0.2, 0.25) is 0 Å². The molecule has 4 rings (SSSR count). The molecule has 30 heavy (non-hydrogen) atoms. The maximum atomic E-state index is 11.6. The first-order valence-corrected chi connectivity index (χ1v) is 9.84. The molecule has 0 bridgehead atoms. The van der Waals surface area contributed by atoms with Crippen LogP contribution in [0.25, 0.3) is 16.8 Å². The molecule has 5 nitrogen and oxygen atoms in total. The standard InChI is InChI=1S/C23H25N3O2.2ClH/c24-12-4-7-19(23(27)28)14-20-22-11-9-18-13-17(16-5-2-1-3-6-16)8-10-21(18)26(22)15-25-20;;/h1-3,5-6,8,10,13,15,19H,4,7,9,11-12,14,24H2,(H,27,28);2*1H. The zero-order valence-corrected chi connectivity index (χ0v) is 18.3. The molecule has 2 aromatic carbocycles. The number of aryl methyl sites for hydroxylation is 1. The summed E-state index contributed by atoms with van der Waals surface area (Å²) in [6.07, 6.45) is 5.44. The van der Waals surface area contributed by atoms with Crippen LogP contribution in [0, 0.1) is 5.92 Å². The Bertz CT molecular complexity index is 989. The van der Waals surface area contributed by atoms with Crippen LogP contribution in [0.4, 0.5) is 0 Å². The van der Waals surface area contributed by atoms with Gasteiger partial charge in [-0.1, -0.05) is 36.4 Å². The number of nitrogens with two attached hydrogens (primary N) is 1. The number of rotatable bonds is 7. The molecular weight excluding hydrogens is 421 g/mol. The smallest absolute Gasteiger partial charge is 0.306 e. The van der Waals surface area contributed by atoms with Crippen molar-refractivity contribution in [3.63, 3.8) is 0 Å². The number of hydrogen-bond donors (Lipinski definition) is 2. The van der Waals surface area contributed by atoms with Crippen LogP contribution in [-0.2, 0) is 24.1 Å². The van der Waals surface area contributed by atoms with Crippen molar-refractivity contribution in [3.05, 3.63) is 71.8 Å². The lowest BCUT2D eigenvalue weighted by Crippen LogP contribution is -2.20. The van der Waals surface area contributed by atoms with Gasteiger partial charge in [-0.15, -0.1) is 24.8 Å². The Hall–Kier alpha value is -2.34. The third-order valence-electron chi connectivity index (χ3n) is 5.58. The number of hydrogen-bond acceptors (Lipinski definition) is 3. The van der Waals surface area contributed by atoms with Crippen molar-refractivity contribution in [2.24, 2.45) is 11.7 Å². The lowest BCUT2D eigenvalue weighted by molar-refractivity contribution is -0.142. The van der Waals surface area contributed by atoms with Crippen molar-refractivity contribution < 1.29 is 9.90 Å². The van der Waals surface area contributed by atoms with Crippen LogP contribution in [0.2, 0.25) is 0 Å². The average molecular weight is 448 g/mol. The highest BCUT2D eigenvalue weighted by Crippen LogP contribution is 2.31. The van der Waals surface area contributed by atoms with Gasteiger partial charge >= 0.3 is 5.97 Å². The van der Waals surface area contributed by atoms with Crippen molar-refractivity contribution in [1.29, 1.82) is 0 Å². The Labute approximate surface area is 189 Å². The van der Waals surface area contributed by atoms with Crippen LogP contribution in [0.3, 0.4) is 0 Å². The average Bonchev–Trinajstić information content (AvgIpc) is 3.14. The molecule has 1 aliphatic rings. The third-order valence-corrected chi connectivity index (χ3v) is 5.58. The van der Waals surface area contributed by atoms with Gasteiger partial charge in [-0.3, -0.25) is 4.79 Å². The molecule has 2 heterocycles. The van der Waals surface area contributed by atoms with Gasteiger partial charge in [-0.2, -0.15) is 0 Å². The second-order valence-electron chi connectivity index (χ2n) is 7.39. The second-order valence-corrected chi connectivity index (χ2v) is 7.39. The normalized spacial score (nSPS) is 12.7. The van der Waals surface area contributed by atoms with Crippen molar-refractivity contribution in [2.45, 2.75) is 32.1 Å². The molecular formula is C23H27Cl2N3O2. The summed E-state index contributed by atoms with van der Waals surface area (Å²) in [6.45, 7) is 0.516. The number of aliphatic carboxylic acids is 1. The fourth-order valence-corrected chi connectivity index (χ4v) is 4.05. The lowest BCUT2D eigenvalue weighted by Gasteiger charge is -2.21. The number of carboxylic acid groups (broad SMARTS) is 1. The number of fused-ring (bicyclic) bond motifs is 3. The molecule has 0 aliphatic carbocycles. The molecule has 3 N–H and O–H groups in total. The summed E-state index contributed by atoms with van der Waals surface area (Å²) in [6, 6.07) is 16.9. The lowest BCUT2D eigenvalue weighted by atomic mass is 9.93. The highest BCUT2D eigenvalue weighted by Gasteiger charge is 2.24. The van der Waals surface area contributed by atoms with Crippen LogP contribution < -0.4 is 5.73 Å². The van der Waals surface area contributed by atoms with E-state index in [1.807, 2.05) is 12.4 Å². The zero-order chi connectivity index (χ0) is 19.5. The van der Waals surface area contributed by atoms with Crippen LogP contribution >= 0.6 is 24.8 Å². The largest absolute Gasteiger partial charge is 0.481 e. The first-order valence-electron chi connectivity index (χ1n) is 9.84. The fraction of sp³-hybridized carbons (Fsp3) is 0.304. The topological polar surface area (TPSA) is 81.1 Å².